The van der Waals surface area contributed by atoms with E-state index in [2.05, 4.69) is 12.2 Å². The molecule has 0 aliphatic heterocycles. The molecular formula is C14H24N4O2. The summed E-state index contributed by atoms with van der Waals surface area (Å²) in [7, 11) is 1.49. The van der Waals surface area contributed by atoms with Gasteiger partial charge in [0.25, 0.3) is 5.56 Å². The zero-order valence-corrected chi connectivity index (χ0v) is 12.6. The molecule has 1 atom stereocenters. The van der Waals surface area contributed by atoms with Gasteiger partial charge in [-0.05, 0) is 31.6 Å². The molecule has 1 unspecified atom stereocenters. The molecule has 6 heteroatoms. The summed E-state index contributed by atoms with van der Waals surface area (Å²) >= 11 is 0. The van der Waals surface area contributed by atoms with Crippen LogP contribution in [0.3, 0.4) is 0 Å². The van der Waals surface area contributed by atoms with Gasteiger partial charge in [-0.2, -0.15) is 0 Å². The molecule has 1 aromatic rings. The Morgan fingerprint density at radius 3 is 2.40 bits per heavy atom. The predicted octanol–water partition coefficient (Wildman–Crippen LogP) is 0.996. The lowest BCUT2D eigenvalue weighted by Gasteiger charge is -2.20. The van der Waals surface area contributed by atoms with Crippen LogP contribution >= 0.6 is 0 Å². The molecule has 0 radical (unpaired) electrons. The van der Waals surface area contributed by atoms with Gasteiger partial charge in [0.1, 0.15) is 11.5 Å². The van der Waals surface area contributed by atoms with Crippen molar-refractivity contribution in [1.29, 1.82) is 0 Å². The third-order valence-electron chi connectivity index (χ3n) is 3.83. The number of nitrogens with zero attached hydrogens (tertiary/aromatic N) is 2. The second kappa shape index (κ2) is 5.34. The van der Waals surface area contributed by atoms with Crippen molar-refractivity contribution in [2.45, 2.75) is 46.2 Å². The second-order valence-electron chi connectivity index (χ2n) is 6.18. The van der Waals surface area contributed by atoms with E-state index in [1.54, 1.807) is 0 Å². The highest BCUT2D eigenvalue weighted by Gasteiger charge is 2.29. The zero-order chi connectivity index (χ0) is 15.0. The van der Waals surface area contributed by atoms with Crippen LogP contribution in [-0.2, 0) is 13.6 Å². The van der Waals surface area contributed by atoms with Gasteiger partial charge < -0.3 is 11.1 Å². The molecule has 2 rings (SSSR count). The van der Waals surface area contributed by atoms with E-state index in [-0.39, 0.29) is 29.0 Å². The van der Waals surface area contributed by atoms with Gasteiger partial charge in [0.2, 0.25) is 0 Å². The molecule has 0 aromatic carbocycles. The lowest BCUT2D eigenvalue weighted by atomic mass is 10.2. The van der Waals surface area contributed by atoms with Gasteiger partial charge in [-0.1, -0.05) is 13.8 Å². The minimum atomic E-state index is -0.356. The van der Waals surface area contributed by atoms with Gasteiger partial charge in [-0.3, -0.25) is 13.9 Å². The van der Waals surface area contributed by atoms with Crippen molar-refractivity contribution in [2.75, 3.05) is 11.1 Å². The van der Waals surface area contributed by atoms with Crippen molar-refractivity contribution in [2.24, 2.45) is 18.9 Å². The number of hydrogen-bond acceptors (Lipinski definition) is 4. The smallest absolute Gasteiger partial charge is 0.332 e. The SMILES string of the molecule is CC(C)Cn1c(N)c(NC(C)C2CC2)c(=O)n(C)c1=O. The van der Waals surface area contributed by atoms with Crippen molar-refractivity contribution >= 4 is 11.5 Å². The molecular weight excluding hydrogens is 256 g/mol. The molecule has 1 aliphatic carbocycles. The third kappa shape index (κ3) is 2.73. The third-order valence-corrected chi connectivity index (χ3v) is 3.83. The zero-order valence-electron chi connectivity index (χ0n) is 12.6. The summed E-state index contributed by atoms with van der Waals surface area (Å²) in [6, 6.07) is 0.204. The van der Waals surface area contributed by atoms with Crippen LogP contribution in [0.1, 0.15) is 33.6 Å². The first-order valence-electron chi connectivity index (χ1n) is 7.18. The van der Waals surface area contributed by atoms with Crippen molar-refractivity contribution in [1.82, 2.24) is 9.13 Å². The molecule has 6 nitrogen and oxygen atoms in total. The first kappa shape index (κ1) is 14.7. The van der Waals surface area contributed by atoms with E-state index in [4.69, 9.17) is 5.73 Å². The van der Waals surface area contributed by atoms with E-state index >= 15 is 0 Å². The minimum absolute atomic E-state index is 0.204. The summed E-state index contributed by atoms with van der Waals surface area (Å²) in [4.78, 5) is 24.4. The van der Waals surface area contributed by atoms with E-state index < -0.39 is 0 Å². The Kier molecular flexibility index (Phi) is 3.92. The van der Waals surface area contributed by atoms with Gasteiger partial charge in [0, 0.05) is 19.6 Å². The maximum atomic E-state index is 12.2. The van der Waals surface area contributed by atoms with Crippen LogP contribution in [0.4, 0.5) is 11.5 Å². The van der Waals surface area contributed by atoms with Crippen molar-refractivity contribution < 1.29 is 0 Å². The van der Waals surface area contributed by atoms with E-state index in [0.29, 0.717) is 18.2 Å². The summed E-state index contributed by atoms with van der Waals surface area (Å²) in [6.07, 6.45) is 2.36. The van der Waals surface area contributed by atoms with E-state index in [9.17, 15) is 9.59 Å². The van der Waals surface area contributed by atoms with Crippen LogP contribution in [0.5, 0.6) is 0 Å². The maximum Gasteiger partial charge on any atom is 0.332 e. The fourth-order valence-electron chi connectivity index (χ4n) is 2.40. The number of nitrogens with one attached hydrogen (secondary N) is 1. The van der Waals surface area contributed by atoms with Gasteiger partial charge >= 0.3 is 5.69 Å². The van der Waals surface area contributed by atoms with Crippen LogP contribution in [0, 0.1) is 11.8 Å². The van der Waals surface area contributed by atoms with Gasteiger partial charge in [-0.15, -0.1) is 0 Å². The van der Waals surface area contributed by atoms with Crippen molar-refractivity contribution in [3.05, 3.63) is 20.8 Å². The van der Waals surface area contributed by atoms with E-state index in [1.807, 2.05) is 13.8 Å². The van der Waals surface area contributed by atoms with Crippen LogP contribution in [-0.4, -0.2) is 15.2 Å². The minimum Gasteiger partial charge on any atom is -0.383 e. The normalized spacial score (nSPS) is 16.4. The molecule has 0 saturated heterocycles. The highest BCUT2D eigenvalue weighted by atomic mass is 16.2. The molecule has 1 heterocycles. The maximum absolute atomic E-state index is 12.2. The summed E-state index contributed by atoms with van der Waals surface area (Å²) < 4.78 is 2.61. The Labute approximate surface area is 118 Å². The van der Waals surface area contributed by atoms with Gasteiger partial charge in [0.05, 0.1) is 0 Å². The highest BCUT2D eigenvalue weighted by Crippen LogP contribution is 2.34. The fourth-order valence-corrected chi connectivity index (χ4v) is 2.40. The molecule has 0 bridgehead atoms. The number of rotatable bonds is 5. The van der Waals surface area contributed by atoms with E-state index in [0.717, 1.165) is 4.57 Å². The molecule has 3 N–H and O–H groups in total. The van der Waals surface area contributed by atoms with Crippen LogP contribution in [0.25, 0.3) is 0 Å². The molecule has 112 valence electrons. The number of nitrogen functional groups attached to an aromatic ring is 1. The molecule has 1 aliphatic rings. The standard InChI is InChI=1S/C14H24N4O2/c1-8(2)7-18-12(15)11(13(19)17(4)14(18)20)16-9(3)10-5-6-10/h8-10,16H,5-7,15H2,1-4H3. The van der Waals surface area contributed by atoms with E-state index in [1.165, 1.54) is 24.5 Å². The fraction of sp³-hybridized carbons (Fsp3) is 0.714. The lowest BCUT2D eigenvalue weighted by molar-refractivity contribution is 0.493. The van der Waals surface area contributed by atoms with Crippen LogP contribution in [0.15, 0.2) is 9.59 Å². The molecule has 0 amide bonds. The van der Waals surface area contributed by atoms with Crippen molar-refractivity contribution in [3.63, 3.8) is 0 Å². The highest BCUT2D eigenvalue weighted by molar-refractivity contribution is 5.61. The first-order chi connectivity index (χ1) is 9.32. The van der Waals surface area contributed by atoms with Gasteiger partial charge in [-0.25, -0.2) is 4.79 Å². The largest absolute Gasteiger partial charge is 0.383 e. The molecule has 20 heavy (non-hydrogen) atoms. The number of nitrogens with two attached hydrogens (primary N) is 1. The number of hydrogen-bond donors (Lipinski definition) is 2. The first-order valence-corrected chi connectivity index (χ1v) is 7.18. The van der Waals surface area contributed by atoms with Crippen LogP contribution < -0.4 is 22.3 Å². The summed E-state index contributed by atoms with van der Waals surface area (Å²) in [5.41, 5.74) is 5.71. The van der Waals surface area contributed by atoms with Gasteiger partial charge in [0.15, 0.2) is 0 Å². The molecule has 1 fully saturated rings. The molecule has 1 saturated carbocycles. The van der Waals surface area contributed by atoms with Crippen molar-refractivity contribution in [3.8, 4) is 0 Å². The average molecular weight is 280 g/mol. The summed E-state index contributed by atoms with van der Waals surface area (Å²) in [5, 5.41) is 3.20. The Morgan fingerprint density at radius 2 is 1.90 bits per heavy atom. The number of anilines is 2. The van der Waals surface area contributed by atoms with Crippen LogP contribution in [0.2, 0.25) is 0 Å². The Bertz CT molecular complexity index is 611. The molecule has 1 aromatic heterocycles. The Balaban J connectivity index is 2.46. The monoisotopic (exact) mass is 280 g/mol. The average Bonchev–Trinajstić information content (AvgIpc) is 3.21. The number of aromatic nitrogens is 2. The second-order valence-corrected chi connectivity index (χ2v) is 6.18. The predicted molar refractivity (Wildman–Crippen MR) is 81.0 cm³/mol. The topological polar surface area (TPSA) is 82.0 Å². The lowest BCUT2D eigenvalue weighted by Crippen LogP contribution is -2.42. The quantitative estimate of drug-likeness (QED) is 0.843. The summed E-state index contributed by atoms with van der Waals surface area (Å²) in [6.45, 7) is 6.58. The Hall–Kier alpha value is -1.72. The summed E-state index contributed by atoms with van der Waals surface area (Å²) in [5.74, 6) is 1.13. The molecule has 0 spiro atoms. The Morgan fingerprint density at radius 1 is 1.30 bits per heavy atom.